The highest BCUT2D eigenvalue weighted by molar-refractivity contribution is 5.70. The van der Waals surface area contributed by atoms with Crippen molar-refractivity contribution in [2.24, 2.45) is 49.2 Å². The summed E-state index contributed by atoms with van der Waals surface area (Å²) in [4.78, 5) is 0. The van der Waals surface area contributed by atoms with Crippen molar-refractivity contribution in [3.63, 3.8) is 0 Å². The van der Waals surface area contributed by atoms with Crippen LogP contribution < -0.4 is 0 Å². The topological polar surface area (TPSA) is 0 Å². The third-order valence-electron chi connectivity index (χ3n) is 15.1. The van der Waals surface area contributed by atoms with Crippen LogP contribution in [0, 0.1) is 55.7 Å². The van der Waals surface area contributed by atoms with Crippen LogP contribution in [0.1, 0.15) is 103 Å². The second-order valence-electron chi connectivity index (χ2n) is 17.2. The maximum atomic E-state index is 4.39. The van der Waals surface area contributed by atoms with E-state index in [-0.39, 0.29) is 43.3 Å². The summed E-state index contributed by atoms with van der Waals surface area (Å²) in [6.45, 7) is 34.6. The molecule has 0 aromatic rings. The molecule has 0 amide bonds. The summed E-state index contributed by atoms with van der Waals surface area (Å²) in [6.07, 6.45) is 32.7. The third kappa shape index (κ3) is 3.06. The maximum Gasteiger partial charge on any atom is 0.0210 e. The Hall–Kier alpha value is -2.34. The minimum Gasteiger partial charge on any atom is -0.0771 e. The quantitative estimate of drug-likeness (QED) is 0.309. The van der Waals surface area contributed by atoms with Gasteiger partial charge in [0.05, 0.1) is 0 Å². The van der Waals surface area contributed by atoms with Gasteiger partial charge in [-0.3, -0.25) is 0 Å². The molecule has 8 unspecified atom stereocenters. The first-order valence-corrected chi connectivity index (χ1v) is 16.8. The highest BCUT2D eigenvalue weighted by Crippen LogP contribution is 2.89. The molecule has 2 fully saturated rings. The highest BCUT2D eigenvalue weighted by Gasteiger charge is 2.84. The molecule has 2 saturated carbocycles. The van der Waals surface area contributed by atoms with Gasteiger partial charge in [-0.05, 0) is 65.7 Å². The standard InChI is InChI=1S/C43H56/c1-15-30-24-31(36(5,6)7)25-34(30)35-29(4)42(13)32(26-33(35)28(2)3)27-41(12)39(10)22-17-16-20-37(39,8)38(9)21-18-19-23-40(38,11)43(41,42)14/h16-26,30H,15H2,1-14H3. The van der Waals surface area contributed by atoms with Crippen molar-refractivity contribution in [1.29, 1.82) is 0 Å². The van der Waals surface area contributed by atoms with Crippen LogP contribution in [0.5, 0.6) is 0 Å². The molecule has 0 heterocycles. The van der Waals surface area contributed by atoms with Gasteiger partial charge in [-0.1, -0.05) is 160 Å². The average molecular weight is 573 g/mol. The van der Waals surface area contributed by atoms with E-state index < -0.39 is 0 Å². The van der Waals surface area contributed by atoms with Gasteiger partial charge in [0.1, 0.15) is 0 Å². The zero-order valence-corrected chi connectivity index (χ0v) is 29.6. The van der Waals surface area contributed by atoms with Gasteiger partial charge in [-0.25, -0.2) is 0 Å². The van der Waals surface area contributed by atoms with Crippen LogP contribution in [0.25, 0.3) is 0 Å². The maximum absolute atomic E-state index is 4.39. The Bertz CT molecular complexity index is 1580. The van der Waals surface area contributed by atoms with Crippen LogP contribution in [0.15, 0.2) is 106 Å². The van der Waals surface area contributed by atoms with Crippen molar-refractivity contribution in [1.82, 2.24) is 0 Å². The molecule has 0 bridgehead atoms. The molecule has 0 saturated heterocycles. The minimum absolute atomic E-state index is 0.0942. The molecule has 6 aliphatic carbocycles. The van der Waals surface area contributed by atoms with Crippen LogP contribution in [0.3, 0.4) is 0 Å². The summed E-state index contributed by atoms with van der Waals surface area (Å²) in [5, 5.41) is 0. The van der Waals surface area contributed by atoms with Gasteiger partial charge < -0.3 is 0 Å². The lowest BCUT2D eigenvalue weighted by Gasteiger charge is -2.79. The van der Waals surface area contributed by atoms with E-state index in [9.17, 15) is 0 Å². The summed E-state index contributed by atoms with van der Waals surface area (Å²) in [6, 6.07) is 0. The number of hydrogen-bond donors (Lipinski definition) is 0. The van der Waals surface area contributed by atoms with Gasteiger partial charge in [0, 0.05) is 39.4 Å². The summed E-state index contributed by atoms with van der Waals surface area (Å²) < 4.78 is 0. The average Bonchev–Trinajstić information content (AvgIpc) is 3.45. The molecular formula is C43H56. The molecule has 8 atom stereocenters. The van der Waals surface area contributed by atoms with Crippen molar-refractivity contribution >= 4 is 0 Å². The zero-order chi connectivity index (χ0) is 31.8. The summed E-state index contributed by atoms with van der Waals surface area (Å²) in [5.41, 5.74) is 9.29. The number of hydrogen-bond acceptors (Lipinski definition) is 0. The molecule has 0 aromatic carbocycles. The summed E-state index contributed by atoms with van der Waals surface area (Å²) in [7, 11) is 0. The number of fused-ring (bicyclic) bond motifs is 8. The fourth-order valence-corrected chi connectivity index (χ4v) is 11.3. The van der Waals surface area contributed by atoms with Crippen molar-refractivity contribution in [3.05, 3.63) is 112 Å². The van der Waals surface area contributed by atoms with Gasteiger partial charge in [0.2, 0.25) is 0 Å². The van der Waals surface area contributed by atoms with Crippen LogP contribution in [-0.4, -0.2) is 0 Å². The first-order chi connectivity index (χ1) is 19.8. The Balaban J connectivity index is 1.72. The van der Waals surface area contributed by atoms with Crippen molar-refractivity contribution in [2.45, 2.75) is 103 Å². The lowest BCUT2D eigenvalue weighted by Crippen LogP contribution is -2.75. The fourth-order valence-electron chi connectivity index (χ4n) is 11.3. The van der Waals surface area contributed by atoms with E-state index in [1.54, 1.807) is 0 Å². The van der Waals surface area contributed by atoms with E-state index in [1.807, 2.05) is 0 Å². The third-order valence-corrected chi connectivity index (χ3v) is 15.1. The van der Waals surface area contributed by atoms with E-state index in [1.165, 1.54) is 39.0 Å². The normalized spacial score (nSPS) is 46.2. The largest absolute Gasteiger partial charge is 0.0771 e. The Labute approximate surface area is 264 Å². The molecule has 0 nitrogen and oxygen atoms in total. The SMILES string of the molecule is CCC1C=C(C(C)(C)C)C=C1C1=C(C)C2(C)C(=CC1=C(C)C)[C]C1(C)C3(C)C=CC=CC3(C)C3(C)C=CC=CC3(C)C21C. The van der Waals surface area contributed by atoms with Crippen molar-refractivity contribution in [3.8, 4) is 0 Å². The van der Waals surface area contributed by atoms with Crippen LogP contribution in [0.4, 0.5) is 0 Å². The molecule has 0 aliphatic heterocycles. The lowest BCUT2D eigenvalue weighted by atomic mass is 9.24. The summed E-state index contributed by atoms with van der Waals surface area (Å²) >= 11 is 0. The Morgan fingerprint density at radius 2 is 1.28 bits per heavy atom. The fraction of sp³-hybridized carbons (Fsp3) is 0.558. The van der Waals surface area contributed by atoms with Crippen LogP contribution in [-0.2, 0) is 0 Å². The first kappa shape index (κ1) is 30.7. The van der Waals surface area contributed by atoms with Gasteiger partial charge in [-0.2, -0.15) is 0 Å². The molecule has 0 heteroatoms. The van der Waals surface area contributed by atoms with E-state index in [4.69, 9.17) is 0 Å². The molecule has 43 heavy (non-hydrogen) atoms. The minimum atomic E-state index is -0.229. The molecule has 0 aromatic heterocycles. The smallest absolute Gasteiger partial charge is 0.0210 e. The van der Waals surface area contributed by atoms with Gasteiger partial charge in [0.25, 0.3) is 0 Å². The molecule has 2 radical (unpaired) electrons. The van der Waals surface area contributed by atoms with Gasteiger partial charge in [-0.15, -0.1) is 0 Å². The van der Waals surface area contributed by atoms with Gasteiger partial charge >= 0.3 is 0 Å². The zero-order valence-electron chi connectivity index (χ0n) is 29.6. The Morgan fingerprint density at radius 3 is 1.79 bits per heavy atom. The van der Waals surface area contributed by atoms with Crippen LogP contribution >= 0.6 is 0 Å². The van der Waals surface area contributed by atoms with Crippen LogP contribution in [0.2, 0.25) is 0 Å². The molecule has 0 N–H and O–H groups in total. The molecule has 6 aliphatic rings. The van der Waals surface area contributed by atoms with E-state index >= 15 is 0 Å². The highest BCUT2D eigenvalue weighted by atomic mass is 14.9. The lowest BCUT2D eigenvalue weighted by molar-refractivity contribution is -0.253. The Morgan fingerprint density at radius 1 is 0.767 bits per heavy atom. The molecule has 6 rings (SSSR count). The summed E-state index contributed by atoms with van der Waals surface area (Å²) in [5.74, 6) is 0.442. The van der Waals surface area contributed by atoms with Crippen molar-refractivity contribution in [2.75, 3.05) is 0 Å². The van der Waals surface area contributed by atoms with E-state index in [0.29, 0.717) is 5.92 Å². The van der Waals surface area contributed by atoms with E-state index in [0.717, 1.165) is 6.42 Å². The van der Waals surface area contributed by atoms with Gasteiger partial charge in [0.15, 0.2) is 0 Å². The Kier molecular flexibility index (Phi) is 6.19. The van der Waals surface area contributed by atoms with E-state index in [2.05, 4.69) is 170 Å². The predicted molar refractivity (Wildman–Crippen MR) is 185 cm³/mol. The monoisotopic (exact) mass is 572 g/mol. The molecule has 228 valence electrons. The number of rotatable bonds is 2. The first-order valence-electron chi connectivity index (χ1n) is 16.8. The molecular weight excluding hydrogens is 516 g/mol. The predicted octanol–water partition coefficient (Wildman–Crippen LogP) is 11.9. The number of allylic oxidation sites excluding steroid dienone is 18. The molecule has 0 spiro atoms. The van der Waals surface area contributed by atoms with Crippen molar-refractivity contribution < 1.29 is 0 Å². The second kappa shape index (κ2) is 8.68. The second-order valence-corrected chi connectivity index (χ2v) is 17.2.